The largest absolute Gasteiger partial charge is 0.383 e. The van der Waals surface area contributed by atoms with Crippen LogP contribution in [0.4, 0.5) is 4.79 Å². The average molecular weight is 361 g/mol. The third kappa shape index (κ3) is 5.86. The van der Waals surface area contributed by atoms with Crippen LogP contribution in [0.5, 0.6) is 0 Å². The lowest BCUT2D eigenvalue weighted by Crippen LogP contribution is -2.53. The number of benzene rings is 1. The second kappa shape index (κ2) is 10.6. The lowest BCUT2D eigenvalue weighted by atomic mass is 10.1. The fourth-order valence-electron chi connectivity index (χ4n) is 2.77. The van der Waals surface area contributed by atoms with Crippen molar-refractivity contribution in [3.63, 3.8) is 0 Å². The molecule has 0 spiro atoms. The Balaban J connectivity index is 1.99. The van der Waals surface area contributed by atoms with Crippen molar-refractivity contribution in [1.29, 1.82) is 0 Å². The van der Waals surface area contributed by atoms with Crippen molar-refractivity contribution in [3.8, 4) is 0 Å². The van der Waals surface area contributed by atoms with Gasteiger partial charge in [-0.15, -0.1) is 6.58 Å². The van der Waals surface area contributed by atoms with E-state index in [2.05, 4.69) is 11.9 Å². The van der Waals surface area contributed by atoms with Gasteiger partial charge in [-0.3, -0.25) is 4.79 Å². The third-order valence-electron chi connectivity index (χ3n) is 4.12. The van der Waals surface area contributed by atoms with E-state index in [-0.39, 0.29) is 18.0 Å². The summed E-state index contributed by atoms with van der Waals surface area (Å²) in [7, 11) is 1.61. The molecule has 7 nitrogen and oxygen atoms in total. The fourth-order valence-corrected chi connectivity index (χ4v) is 2.77. The van der Waals surface area contributed by atoms with Crippen molar-refractivity contribution in [2.24, 2.45) is 0 Å². The molecule has 142 valence electrons. The van der Waals surface area contributed by atoms with Crippen molar-refractivity contribution in [2.75, 3.05) is 53.0 Å². The van der Waals surface area contributed by atoms with E-state index in [0.29, 0.717) is 51.5 Å². The SMILES string of the molecule is C=CCNC(=O)N1CCOC(CN(CCOC)C(=O)c2ccccc2)C1. The molecule has 1 aromatic rings. The maximum absolute atomic E-state index is 12.8. The molecule has 1 fully saturated rings. The molecule has 0 saturated carbocycles. The first-order valence-electron chi connectivity index (χ1n) is 8.74. The van der Waals surface area contributed by atoms with Crippen LogP contribution in [0.25, 0.3) is 0 Å². The summed E-state index contributed by atoms with van der Waals surface area (Å²) in [6.45, 7) is 6.75. The molecule has 1 heterocycles. The maximum Gasteiger partial charge on any atom is 0.317 e. The third-order valence-corrected chi connectivity index (χ3v) is 4.12. The Kier molecular flexibility index (Phi) is 8.11. The van der Waals surface area contributed by atoms with E-state index in [1.54, 1.807) is 35.1 Å². The van der Waals surface area contributed by atoms with Gasteiger partial charge in [0.1, 0.15) is 0 Å². The average Bonchev–Trinajstić information content (AvgIpc) is 2.69. The van der Waals surface area contributed by atoms with Crippen LogP contribution in [0.1, 0.15) is 10.4 Å². The summed E-state index contributed by atoms with van der Waals surface area (Å²) in [4.78, 5) is 28.3. The van der Waals surface area contributed by atoms with Crippen LogP contribution in [0.2, 0.25) is 0 Å². The smallest absolute Gasteiger partial charge is 0.317 e. The predicted octanol–water partition coefficient (Wildman–Crippen LogP) is 1.37. The molecule has 1 saturated heterocycles. The normalized spacial score (nSPS) is 16.8. The number of carbonyl (C=O) groups excluding carboxylic acids is 2. The number of hydrogen-bond donors (Lipinski definition) is 1. The van der Waals surface area contributed by atoms with Gasteiger partial charge in [0.2, 0.25) is 0 Å². The van der Waals surface area contributed by atoms with E-state index in [9.17, 15) is 9.59 Å². The highest BCUT2D eigenvalue weighted by atomic mass is 16.5. The molecule has 3 amide bonds. The van der Waals surface area contributed by atoms with Crippen molar-refractivity contribution < 1.29 is 19.1 Å². The summed E-state index contributed by atoms with van der Waals surface area (Å²) in [6, 6.07) is 8.99. The molecule has 1 atom stereocenters. The van der Waals surface area contributed by atoms with E-state index in [1.165, 1.54) is 0 Å². The summed E-state index contributed by atoms with van der Waals surface area (Å²) < 4.78 is 10.9. The van der Waals surface area contributed by atoms with Crippen LogP contribution in [-0.4, -0.2) is 80.9 Å². The predicted molar refractivity (Wildman–Crippen MR) is 99.1 cm³/mol. The van der Waals surface area contributed by atoms with E-state index < -0.39 is 0 Å². The minimum Gasteiger partial charge on any atom is -0.383 e. The van der Waals surface area contributed by atoms with Gasteiger partial charge in [-0.25, -0.2) is 4.79 Å². The van der Waals surface area contributed by atoms with E-state index in [4.69, 9.17) is 9.47 Å². The second-order valence-electron chi connectivity index (χ2n) is 6.02. The number of ether oxygens (including phenoxy) is 2. The van der Waals surface area contributed by atoms with Crippen molar-refractivity contribution in [3.05, 3.63) is 48.6 Å². The fraction of sp³-hybridized carbons (Fsp3) is 0.474. The highest BCUT2D eigenvalue weighted by Crippen LogP contribution is 2.11. The molecule has 1 aliphatic rings. The minimum atomic E-state index is -0.234. The van der Waals surface area contributed by atoms with Crippen molar-refractivity contribution in [1.82, 2.24) is 15.1 Å². The topological polar surface area (TPSA) is 71.1 Å². The first-order valence-corrected chi connectivity index (χ1v) is 8.74. The molecule has 0 bridgehead atoms. The van der Waals surface area contributed by atoms with Gasteiger partial charge < -0.3 is 24.6 Å². The molecule has 2 rings (SSSR count). The molecular formula is C19H27N3O4. The van der Waals surface area contributed by atoms with Crippen LogP contribution >= 0.6 is 0 Å². The summed E-state index contributed by atoms with van der Waals surface area (Å²) in [5, 5.41) is 2.77. The molecule has 1 aromatic carbocycles. The number of methoxy groups -OCH3 is 1. The van der Waals surface area contributed by atoms with Gasteiger partial charge in [0.05, 0.1) is 25.9 Å². The van der Waals surface area contributed by atoms with Gasteiger partial charge in [0.25, 0.3) is 5.91 Å². The summed E-state index contributed by atoms with van der Waals surface area (Å²) in [6.07, 6.45) is 1.41. The Morgan fingerprint density at radius 3 is 2.88 bits per heavy atom. The zero-order valence-corrected chi connectivity index (χ0v) is 15.2. The van der Waals surface area contributed by atoms with Crippen LogP contribution in [0, 0.1) is 0 Å². The molecule has 7 heteroatoms. The first kappa shape index (κ1) is 19.9. The Morgan fingerprint density at radius 1 is 1.42 bits per heavy atom. The molecule has 1 N–H and O–H groups in total. The molecule has 0 radical (unpaired) electrons. The number of hydrogen-bond acceptors (Lipinski definition) is 4. The number of carbonyl (C=O) groups is 2. The molecule has 1 unspecified atom stereocenters. The Morgan fingerprint density at radius 2 is 2.19 bits per heavy atom. The van der Waals surface area contributed by atoms with Gasteiger partial charge in [-0.05, 0) is 12.1 Å². The van der Waals surface area contributed by atoms with Gasteiger partial charge in [0.15, 0.2) is 0 Å². The van der Waals surface area contributed by atoms with Gasteiger partial charge in [0, 0.05) is 38.9 Å². The van der Waals surface area contributed by atoms with Crippen molar-refractivity contribution >= 4 is 11.9 Å². The van der Waals surface area contributed by atoms with E-state index in [1.807, 2.05) is 18.2 Å². The Bertz CT molecular complexity index is 594. The van der Waals surface area contributed by atoms with Crippen LogP contribution < -0.4 is 5.32 Å². The maximum atomic E-state index is 12.8. The minimum absolute atomic E-state index is 0.0699. The summed E-state index contributed by atoms with van der Waals surface area (Å²) in [5.41, 5.74) is 0.625. The van der Waals surface area contributed by atoms with Gasteiger partial charge in [-0.2, -0.15) is 0 Å². The molecule has 0 aliphatic carbocycles. The molecule has 1 aliphatic heterocycles. The zero-order chi connectivity index (χ0) is 18.8. The van der Waals surface area contributed by atoms with Gasteiger partial charge in [-0.1, -0.05) is 24.3 Å². The summed E-state index contributed by atoms with van der Waals surface area (Å²) >= 11 is 0. The first-order chi connectivity index (χ1) is 12.7. The zero-order valence-electron chi connectivity index (χ0n) is 15.2. The number of nitrogens with one attached hydrogen (secondary N) is 1. The highest BCUT2D eigenvalue weighted by molar-refractivity contribution is 5.94. The quantitative estimate of drug-likeness (QED) is 0.710. The molecular weight excluding hydrogens is 334 g/mol. The van der Waals surface area contributed by atoms with E-state index in [0.717, 1.165) is 0 Å². The summed E-state index contributed by atoms with van der Waals surface area (Å²) in [5.74, 6) is -0.0699. The number of amides is 3. The molecule has 26 heavy (non-hydrogen) atoms. The molecule has 0 aromatic heterocycles. The number of rotatable bonds is 8. The number of morpholine rings is 1. The van der Waals surface area contributed by atoms with Crippen LogP contribution in [-0.2, 0) is 9.47 Å². The van der Waals surface area contributed by atoms with E-state index >= 15 is 0 Å². The van der Waals surface area contributed by atoms with Crippen LogP contribution in [0.15, 0.2) is 43.0 Å². The standard InChI is InChI=1S/C19H27N3O4/c1-3-9-20-19(24)22-11-13-26-17(15-22)14-21(10-12-25-2)18(23)16-7-5-4-6-8-16/h3-8,17H,1,9-15H2,2H3,(H,20,24). The lowest BCUT2D eigenvalue weighted by molar-refractivity contribution is -0.0294. The lowest BCUT2D eigenvalue weighted by Gasteiger charge is -2.35. The van der Waals surface area contributed by atoms with Crippen LogP contribution in [0.3, 0.4) is 0 Å². The number of nitrogens with zero attached hydrogens (tertiary/aromatic N) is 2. The van der Waals surface area contributed by atoms with Crippen molar-refractivity contribution in [2.45, 2.75) is 6.10 Å². The van der Waals surface area contributed by atoms with Gasteiger partial charge >= 0.3 is 6.03 Å². The monoisotopic (exact) mass is 361 g/mol. The highest BCUT2D eigenvalue weighted by Gasteiger charge is 2.27. The second-order valence-corrected chi connectivity index (χ2v) is 6.02. The Labute approximate surface area is 154 Å². The Hall–Kier alpha value is -2.38. The number of urea groups is 1.